The first-order valence-corrected chi connectivity index (χ1v) is 9.30. The van der Waals surface area contributed by atoms with Gasteiger partial charge in [0, 0.05) is 13.0 Å². The number of hydrogen-bond donors (Lipinski definition) is 1. The van der Waals surface area contributed by atoms with Crippen LogP contribution in [-0.4, -0.2) is 28.5 Å². The van der Waals surface area contributed by atoms with Gasteiger partial charge in [-0.1, -0.05) is 74.0 Å². The van der Waals surface area contributed by atoms with Gasteiger partial charge in [-0.2, -0.15) is 0 Å². The van der Waals surface area contributed by atoms with Crippen LogP contribution < -0.4 is 0 Å². The minimum atomic E-state index is -1.18. The second-order valence-corrected chi connectivity index (χ2v) is 6.85. The molecule has 2 aromatic carbocycles. The maximum atomic E-state index is 12.7. The first kappa shape index (κ1) is 17.7. The number of carbonyl (C=O) groups excluding carboxylic acids is 1. The summed E-state index contributed by atoms with van der Waals surface area (Å²) in [4.78, 5) is 14.7. The minimum Gasteiger partial charge on any atom is -0.378 e. The summed E-state index contributed by atoms with van der Waals surface area (Å²) in [5.41, 5.74) is 0.517. The Bertz CT molecular complexity index is 644. The van der Waals surface area contributed by atoms with E-state index in [1.54, 1.807) is 0 Å². The zero-order valence-corrected chi connectivity index (χ0v) is 14.9. The maximum absolute atomic E-state index is 12.7. The van der Waals surface area contributed by atoms with Crippen molar-refractivity contribution in [1.29, 1.82) is 0 Å². The zero-order valence-electron chi connectivity index (χ0n) is 14.9. The van der Waals surface area contributed by atoms with E-state index in [2.05, 4.69) is 6.92 Å². The van der Waals surface area contributed by atoms with E-state index in [0.29, 0.717) is 6.42 Å². The molecule has 0 bridgehead atoms. The van der Waals surface area contributed by atoms with Crippen molar-refractivity contribution in [1.82, 2.24) is 4.90 Å². The van der Waals surface area contributed by atoms with Gasteiger partial charge in [0.05, 0.1) is 6.04 Å². The molecule has 3 nitrogen and oxygen atoms in total. The summed E-state index contributed by atoms with van der Waals surface area (Å²) < 4.78 is 0. The molecule has 1 N–H and O–H groups in total. The number of amides is 1. The monoisotopic (exact) mass is 337 g/mol. The summed E-state index contributed by atoms with van der Waals surface area (Å²) in [6.45, 7) is 2.83. The Morgan fingerprint density at radius 1 is 1.08 bits per heavy atom. The van der Waals surface area contributed by atoms with Crippen LogP contribution in [0, 0.1) is 0 Å². The van der Waals surface area contributed by atoms with Gasteiger partial charge in [0.15, 0.2) is 0 Å². The number of likely N-dealkylation sites (tertiary alicyclic amines) is 1. The SMILES string of the molecule is CCCCC(=O)N1CCC[C@H]1C(O)(c1ccccc1)c1ccccc1. The van der Waals surface area contributed by atoms with Crippen LogP contribution in [0.15, 0.2) is 60.7 Å². The smallest absolute Gasteiger partial charge is 0.222 e. The Morgan fingerprint density at radius 2 is 1.64 bits per heavy atom. The highest BCUT2D eigenvalue weighted by Crippen LogP contribution is 2.40. The number of hydrogen-bond acceptors (Lipinski definition) is 2. The number of carbonyl (C=O) groups is 1. The van der Waals surface area contributed by atoms with E-state index >= 15 is 0 Å². The average molecular weight is 337 g/mol. The van der Waals surface area contributed by atoms with Gasteiger partial charge >= 0.3 is 0 Å². The molecule has 1 fully saturated rings. The molecular weight excluding hydrogens is 310 g/mol. The Kier molecular flexibility index (Phi) is 5.54. The fourth-order valence-corrected chi connectivity index (χ4v) is 3.91. The van der Waals surface area contributed by atoms with Gasteiger partial charge in [0.25, 0.3) is 0 Å². The molecule has 1 saturated heterocycles. The van der Waals surface area contributed by atoms with Gasteiger partial charge in [-0.3, -0.25) is 4.79 Å². The zero-order chi connectivity index (χ0) is 17.7. The molecule has 0 aliphatic carbocycles. The largest absolute Gasteiger partial charge is 0.378 e. The molecule has 3 heteroatoms. The van der Waals surface area contributed by atoms with Crippen molar-refractivity contribution in [3.8, 4) is 0 Å². The van der Waals surface area contributed by atoms with Gasteiger partial charge in [0.1, 0.15) is 5.60 Å². The van der Waals surface area contributed by atoms with Crippen molar-refractivity contribution >= 4 is 5.91 Å². The Morgan fingerprint density at radius 3 is 2.16 bits per heavy atom. The number of nitrogens with zero attached hydrogens (tertiary/aromatic N) is 1. The third kappa shape index (κ3) is 3.47. The second-order valence-electron chi connectivity index (χ2n) is 6.85. The summed E-state index contributed by atoms with van der Waals surface area (Å²) in [7, 11) is 0. The topological polar surface area (TPSA) is 40.5 Å². The molecular formula is C22H27NO2. The molecule has 0 radical (unpaired) electrons. The van der Waals surface area contributed by atoms with Crippen LogP contribution in [0.25, 0.3) is 0 Å². The Balaban J connectivity index is 2.01. The summed E-state index contributed by atoms with van der Waals surface area (Å²) >= 11 is 0. The van der Waals surface area contributed by atoms with Crippen molar-refractivity contribution < 1.29 is 9.90 Å². The molecule has 1 atom stereocenters. The molecule has 0 aromatic heterocycles. The van der Waals surface area contributed by atoms with Crippen LogP contribution in [0.1, 0.15) is 50.2 Å². The lowest BCUT2D eigenvalue weighted by Gasteiger charge is -2.40. The van der Waals surface area contributed by atoms with Crippen molar-refractivity contribution in [2.75, 3.05) is 6.54 Å². The maximum Gasteiger partial charge on any atom is 0.222 e. The molecule has 1 amide bonds. The third-order valence-electron chi connectivity index (χ3n) is 5.23. The van der Waals surface area contributed by atoms with E-state index < -0.39 is 5.60 Å². The molecule has 3 rings (SSSR count). The summed E-state index contributed by atoms with van der Waals surface area (Å²) in [5, 5.41) is 11.9. The number of benzene rings is 2. The van der Waals surface area contributed by atoms with Gasteiger partial charge in [0.2, 0.25) is 5.91 Å². The summed E-state index contributed by atoms with van der Waals surface area (Å²) in [5.74, 6) is 0.162. The summed E-state index contributed by atoms with van der Waals surface area (Å²) in [6.07, 6.45) is 4.22. The van der Waals surface area contributed by atoms with Gasteiger partial charge in [-0.25, -0.2) is 0 Å². The first-order valence-electron chi connectivity index (χ1n) is 9.30. The molecule has 0 saturated carbocycles. The van der Waals surface area contributed by atoms with E-state index in [0.717, 1.165) is 43.4 Å². The molecule has 0 unspecified atom stereocenters. The Hall–Kier alpha value is -2.13. The van der Waals surface area contributed by atoms with Gasteiger partial charge < -0.3 is 10.0 Å². The molecule has 2 aromatic rings. The van der Waals surface area contributed by atoms with Crippen LogP contribution in [0.2, 0.25) is 0 Å². The summed E-state index contributed by atoms with van der Waals surface area (Å²) in [6, 6.07) is 19.3. The molecule has 132 valence electrons. The van der Waals surface area contributed by atoms with Crippen molar-refractivity contribution in [3.63, 3.8) is 0 Å². The lowest BCUT2D eigenvalue weighted by molar-refractivity contribution is -0.136. The minimum absolute atomic E-state index is 0.162. The second kappa shape index (κ2) is 7.83. The van der Waals surface area contributed by atoms with Crippen LogP contribution in [0.4, 0.5) is 0 Å². The molecule has 0 spiro atoms. The predicted octanol–water partition coefficient (Wildman–Crippen LogP) is 4.10. The quantitative estimate of drug-likeness (QED) is 0.862. The van der Waals surface area contributed by atoms with E-state index in [1.807, 2.05) is 65.6 Å². The van der Waals surface area contributed by atoms with E-state index in [-0.39, 0.29) is 11.9 Å². The van der Waals surface area contributed by atoms with Crippen LogP contribution in [-0.2, 0) is 10.4 Å². The van der Waals surface area contributed by atoms with Gasteiger partial charge in [-0.05, 0) is 30.4 Å². The van der Waals surface area contributed by atoms with E-state index in [1.165, 1.54) is 0 Å². The first-order chi connectivity index (χ1) is 12.2. The highest BCUT2D eigenvalue weighted by atomic mass is 16.3. The van der Waals surface area contributed by atoms with Crippen molar-refractivity contribution in [3.05, 3.63) is 71.8 Å². The normalized spacial score (nSPS) is 17.7. The highest BCUT2D eigenvalue weighted by Gasteiger charge is 2.46. The predicted molar refractivity (Wildman–Crippen MR) is 100 cm³/mol. The molecule has 1 aliphatic heterocycles. The van der Waals surface area contributed by atoms with Crippen LogP contribution >= 0.6 is 0 Å². The number of aliphatic hydroxyl groups is 1. The van der Waals surface area contributed by atoms with Crippen LogP contribution in [0.3, 0.4) is 0 Å². The number of unbranched alkanes of at least 4 members (excludes halogenated alkanes) is 1. The van der Waals surface area contributed by atoms with Crippen molar-refractivity contribution in [2.45, 2.75) is 50.7 Å². The van der Waals surface area contributed by atoms with Gasteiger partial charge in [-0.15, -0.1) is 0 Å². The highest BCUT2D eigenvalue weighted by molar-refractivity contribution is 5.77. The fraction of sp³-hybridized carbons (Fsp3) is 0.409. The molecule has 1 heterocycles. The van der Waals surface area contributed by atoms with Crippen LogP contribution in [0.5, 0.6) is 0 Å². The molecule has 25 heavy (non-hydrogen) atoms. The fourth-order valence-electron chi connectivity index (χ4n) is 3.91. The lowest BCUT2D eigenvalue weighted by Crippen LogP contribution is -2.50. The standard InChI is InChI=1S/C22H27NO2/c1-2-3-16-21(24)23-17-10-15-20(23)22(25,18-11-6-4-7-12-18)19-13-8-5-9-14-19/h4-9,11-14,20,25H,2-3,10,15-17H2,1H3/t20-/m0/s1. The average Bonchev–Trinajstić information content (AvgIpc) is 3.17. The third-order valence-corrected chi connectivity index (χ3v) is 5.23. The molecule has 1 aliphatic rings. The lowest BCUT2D eigenvalue weighted by atomic mass is 9.79. The van der Waals surface area contributed by atoms with E-state index in [4.69, 9.17) is 0 Å². The Labute approximate surface area is 150 Å². The number of rotatable bonds is 6. The van der Waals surface area contributed by atoms with Crippen molar-refractivity contribution in [2.24, 2.45) is 0 Å². The van der Waals surface area contributed by atoms with E-state index in [9.17, 15) is 9.90 Å².